The van der Waals surface area contributed by atoms with Crippen molar-refractivity contribution in [2.75, 3.05) is 23.4 Å². The topological polar surface area (TPSA) is 185 Å². The molecule has 3 aromatic rings. The summed E-state index contributed by atoms with van der Waals surface area (Å²) in [7, 11) is 0. The number of amides is 2. The van der Waals surface area contributed by atoms with Gasteiger partial charge in [-0.05, 0) is 80.3 Å². The monoisotopic (exact) mass is 945 g/mol. The van der Waals surface area contributed by atoms with E-state index in [0.29, 0.717) is 30.0 Å². The lowest BCUT2D eigenvalue weighted by atomic mass is 10.0. The second kappa shape index (κ2) is 35.9. The molecule has 1 unspecified atom stereocenters. The Balaban J connectivity index is 1.33. The Morgan fingerprint density at radius 1 is 0.537 bits per heavy atom. The fraction of sp³-hybridized carbons (Fsp3) is 0.556. The summed E-state index contributed by atoms with van der Waals surface area (Å²) in [6.45, 7) is -0.0356. The first-order valence-electron chi connectivity index (χ1n) is 24.7. The fourth-order valence-corrected chi connectivity index (χ4v) is 8.58. The van der Waals surface area contributed by atoms with Crippen LogP contribution < -0.4 is 10.6 Å². The number of anilines is 1. The first-order chi connectivity index (χ1) is 32.6. The molecular weight excluding hydrogens is 869 g/mol. The standard InChI is InChI=1S/C54H76N2O10S/c57-49(55-46-35-33-45(34-36-46)53(62)56-48(54(63)64)37-38-50(58)59)39-40-67-42-47(66-52(61)32-24-14-10-6-2-4-8-12-18-26-44-29-21-16-22-30-44)41-65-51(60)31-23-13-9-5-1-3-7-11-17-25-43-27-19-15-20-28-43/h15-16,19-22,27-30,33-36,47-48H,1-14,17-18,23-26,31-32,37-42H2,(H,55,57)(H,56,62)(H,58,59)(H,63,64)/t47?,48-/m0/s1. The lowest BCUT2D eigenvalue weighted by Crippen LogP contribution is -2.41. The lowest BCUT2D eigenvalue weighted by molar-refractivity contribution is -0.157. The zero-order valence-corrected chi connectivity index (χ0v) is 40.4. The van der Waals surface area contributed by atoms with Gasteiger partial charge in [0.2, 0.25) is 5.91 Å². The Morgan fingerprint density at radius 3 is 1.51 bits per heavy atom. The molecule has 0 aliphatic heterocycles. The molecule has 0 saturated heterocycles. The van der Waals surface area contributed by atoms with Crippen LogP contribution in [0.1, 0.15) is 169 Å². The molecule has 2 amide bonds. The molecule has 4 N–H and O–H groups in total. The number of carbonyl (C=O) groups is 6. The van der Waals surface area contributed by atoms with Gasteiger partial charge < -0.3 is 30.3 Å². The number of carboxylic acids is 2. The van der Waals surface area contributed by atoms with Crippen molar-refractivity contribution < 1.29 is 48.5 Å². The Bertz CT molecular complexity index is 1840. The van der Waals surface area contributed by atoms with Gasteiger partial charge in [0.15, 0.2) is 0 Å². The van der Waals surface area contributed by atoms with Gasteiger partial charge in [-0.25, -0.2) is 4.79 Å². The number of aliphatic carboxylic acids is 2. The van der Waals surface area contributed by atoms with Gasteiger partial charge in [-0.15, -0.1) is 0 Å². The van der Waals surface area contributed by atoms with Gasteiger partial charge >= 0.3 is 23.9 Å². The SMILES string of the molecule is O=C(O)CC[C@H](NC(=O)c1ccc(NC(=O)CCSCC(COC(=O)CCCCCCCCCCCc2ccccc2)OC(=O)CCCCCCCCCCCc2ccccc2)cc1)C(=O)O. The smallest absolute Gasteiger partial charge is 0.326 e. The molecule has 3 rings (SSSR count). The third-order valence-corrected chi connectivity index (χ3v) is 12.7. The van der Waals surface area contributed by atoms with Crippen LogP contribution in [-0.4, -0.2) is 76.2 Å². The van der Waals surface area contributed by atoms with Crippen molar-refractivity contribution in [2.45, 2.75) is 173 Å². The zero-order chi connectivity index (χ0) is 48.2. The summed E-state index contributed by atoms with van der Waals surface area (Å²) in [5, 5.41) is 23.3. The van der Waals surface area contributed by atoms with Gasteiger partial charge in [0, 0.05) is 48.4 Å². The summed E-state index contributed by atoms with van der Waals surface area (Å²) in [5.41, 5.74) is 3.40. The van der Waals surface area contributed by atoms with E-state index in [-0.39, 0.29) is 42.9 Å². The molecule has 2 atom stereocenters. The van der Waals surface area contributed by atoms with Gasteiger partial charge in [-0.3, -0.25) is 24.0 Å². The van der Waals surface area contributed by atoms with E-state index in [2.05, 4.69) is 71.3 Å². The molecule has 0 fully saturated rings. The summed E-state index contributed by atoms with van der Waals surface area (Å²) in [4.78, 5) is 73.2. The number of hydrogen-bond donors (Lipinski definition) is 4. The van der Waals surface area contributed by atoms with Crippen LogP contribution >= 0.6 is 11.8 Å². The summed E-state index contributed by atoms with van der Waals surface area (Å²) < 4.78 is 11.4. The molecule has 0 heterocycles. The number of benzene rings is 3. The average Bonchev–Trinajstić information content (AvgIpc) is 3.32. The molecule has 0 saturated carbocycles. The van der Waals surface area contributed by atoms with Crippen molar-refractivity contribution in [1.29, 1.82) is 0 Å². The van der Waals surface area contributed by atoms with Crippen molar-refractivity contribution >= 4 is 53.1 Å². The number of nitrogens with one attached hydrogen (secondary N) is 2. The van der Waals surface area contributed by atoms with E-state index in [1.165, 1.54) is 111 Å². The molecule has 67 heavy (non-hydrogen) atoms. The number of carboxylic acid groups (broad SMARTS) is 2. The Kier molecular flexibility index (Phi) is 30.1. The Morgan fingerprint density at radius 2 is 1.01 bits per heavy atom. The molecule has 13 heteroatoms. The molecule has 0 aliphatic carbocycles. The summed E-state index contributed by atoms with van der Waals surface area (Å²) in [6, 6.07) is 25.8. The van der Waals surface area contributed by atoms with E-state index in [1.807, 2.05) is 0 Å². The number of hydrogen-bond acceptors (Lipinski definition) is 9. The number of thioether (sulfide) groups is 1. The minimum absolute atomic E-state index is 0.0356. The Hall–Kier alpha value is -5.17. The number of unbranched alkanes of at least 4 members (excludes halogenated alkanes) is 16. The molecule has 0 aromatic heterocycles. The van der Waals surface area contributed by atoms with Crippen molar-refractivity contribution in [3.63, 3.8) is 0 Å². The quantitative estimate of drug-likeness (QED) is 0.0315. The van der Waals surface area contributed by atoms with Crippen LogP contribution in [0.3, 0.4) is 0 Å². The largest absolute Gasteiger partial charge is 0.481 e. The van der Waals surface area contributed by atoms with Crippen molar-refractivity contribution in [3.8, 4) is 0 Å². The van der Waals surface area contributed by atoms with E-state index >= 15 is 0 Å². The van der Waals surface area contributed by atoms with Gasteiger partial charge in [-0.2, -0.15) is 11.8 Å². The van der Waals surface area contributed by atoms with Gasteiger partial charge in [0.1, 0.15) is 18.8 Å². The maximum absolute atomic E-state index is 12.9. The zero-order valence-electron chi connectivity index (χ0n) is 39.6. The predicted octanol–water partition coefficient (Wildman–Crippen LogP) is 11.5. The highest BCUT2D eigenvalue weighted by Gasteiger charge is 2.22. The predicted molar refractivity (Wildman–Crippen MR) is 266 cm³/mol. The third kappa shape index (κ3) is 28.6. The van der Waals surface area contributed by atoms with E-state index in [0.717, 1.165) is 64.2 Å². The van der Waals surface area contributed by atoms with Crippen LogP contribution in [0, 0.1) is 0 Å². The Labute approximate surface area is 403 Å². The van der Waals surface area contributed by atoms with Crippen LogP contribution in [0.4, 0.5) is 5.69 Å². The molecule has 3 aromatic carbocycles. The highest BCUT2D eigenvalue weighted by Crippen LogP contribution is 2.17. The van der Waals surface area contributed by atoms with Crippen LogP contribution in [0.2, 0.25) is 0 Å². The second-order valence-corrected chi connectivity index (χ2v) is 18.5. The number of ether oxygens (including phenoxy) is 2. The van der Waals surface area contributed by atoms with Crippen molar-refractivity contribution in [2.24, 2.45) is 0 Å². The van der Waals surface area contributed by atoms with Crippen LogP contribution in [0.25, 0.3) is 0 Å². The van der Waals surface area contributed by atoms with Crippen LogP contribution in [-0.2, 0) is 46.3 Å². The molecule has 12 nitrogen and oxygen atoms in total. The first kappa shape index (κ1) is 56.2. The van der Waals surface area contributed by atoms with Crippen molar-refractivity contribution in [3.05, 3.63) is 102 Å². The highest BCUT2D eigenvalue weighted by atomic mass is 32.2. The average molecular weight is 945 g/mol. The highest BCUT2D eigenvalue weighted by molar-refractivity contribution is 7.99. The van der Waals surface area contributed by atoms with Gasteiger partial charge in [0.25, 0.3) is 5.91 Å². The summed E-state index contributed by atoms with van der Waals surface area (Å²) >= 11 is 1.42. The molecule has 0 radical (unpaired) electrons. The minimum Gasteiger partial charge on any atom is -0.481 e. The van der Waals surface area contributed by atoms with E-state index in [1.54, 1.807) is 0 Å². The van der Waals surface area contributed by atoms with E-state index < -0.39 is 36.4 Å². The number of rotatable bonds is 39. The summed E-state index contributed by atoms with van der Waals surface area (Å²) in [5.74, 6) is -3.29. The number of esters is 2. The first-order valence-corrected chi connectivity index (χ1v) is 25.9. The van der Waals surface area contributed by atoms with E-state index in [4.69, 9.17) is 14.6 Å². The maximum atomic E-state index is 12.9. The molecule has 0 aliphatic rings. The van der Waals surface area contributed by atoms with Crippen molar-refractivity contribution in [1.82, 2.24) is 5.32 Å². The molecule has 0 bridgehead atoms. The normalized spacial score (nSPS) is 11.9. The second-order valence-electron chi connectivity index (χ2n) is 17.4. The number of aryl methyl sites for hydroxylation is 2. The molecular formula is C54H76N2O10S. The van der Waals surface area contributed by atoms with Gasteiger partial charge in [-0.1, -0.05) is 151 Å². The lowest BCUT2D eigenvalue weighted by Gasteiger charge is -2.18. The number of carbonyl (C=O) groups excluding carboxylic acids is 4. The fourth-order valence-electron chi connectivity index (χ4n) is 7.66. The molecule has 0 spiro atoms. The van der Waals surface area contributed by atoms with E-state index in [9.17, 15) is 33.9 Å². The van der Waals surface area contributed by atoms with Crippen LogP contribution in [0.5, 0.6) is 0 Å². The van der Waals surface area contributed by atoms with Crippen LogP contribution in [0.15, 0.2) is 84.9 Å². The minimum atomic E-state index is -1.35. The third-order valence-electron chi connectivity index (χ3n) is 11.6. The molecule has 368 valence electrons. The summed E-state index contributed by atoms with van der Waals surface area (Å²) in [6.07, 6.45) is 22.0. The maximum Gasteiger partial charge on any atom is 0.326 e. The van der Waals surface area contributed by atoms with Gasteiger partial charge in [0.05, 0.1) is 0 Å².